The smallest absolute Gasteiger partial charge is 0.326 e. The number of hydrogen-bond acceptors (Lipinski definition) is 2. The van der Waals surface area contributed by atoms with E-state index in [9.17, 15) is 14.7 Å². The monoisotopic (exact) mass is 291 g/mol. The lowest BCUT2D eigenvalue weighted by Crippen LogP contribution is -2.47. The van der Waals surface area contributed by atoms with Crippen molar-refractivity contribution >= 4 is 11.9 Å². The average molecular weight is 291 g/mol. The van der Waals surface area contributed by atoms with Crippen LogP contribution in [0.25, 0.3) is 0 Å². The highest BCUT2D eigenvalue weighted by Crippen LogP contribution is 2.64. The summed E-state index contributed by atoms with van der Waals surface area (Å²) < 4.78 is 0. The Kier molecular flexibility index (Phi) is 3.05. The lowest BCUT2D eigenvalue weighted by molar-refractivity contribution is -0.150. The first-order chi connectivity index (χ1) is 10.1. The summed E-state index contributed by atoms with van der Waals surface area (Å²) in [7, 11) is 0. The Morgan fingerprint density at radius 2 is 1.76 bits per heavy atom. The summed E-state index contributed by atoms with van der Waals surface area (Å²) >= 11 is 0. The van der Waals surface area contributed by atoms with Crippen LogP contribution in [-0.2, 0) is 9.59 Å². The first-order valence-electron chi connectivity index (χ1n) is 8.67. The maximum Gasteiger partial charge on any atom is 0.326 e. The van der Waals surface area contributed by atoms with Gasteiger partial charge in [-0.3, -0.25) is 4.79 Å². The van der Waals surface area contributed by atoms with Gasteiger partial charge in [0.1, 0.15) is 6.04 Å². The molecule has 116 valence electrons. The summed E-state index contributed by atoms with van der Waals surface area (Å²) in [5, 5.41) is 9.54. The van der Waals surface area contributed by atoms with E-state index in [1.807, 2.05) is 4.90 Å². The molecule has 1 spiro atoms. The molecule has 0 aromatic rings. The first kappa shape index (κ1) is 13.6. The van der Waals surface area contributed by atoms with E-state index in [0.717, 1.165) is 25.7 Å². The minimum Gasteiger partial charge on any atom is -0.480 e. The van der Waals surface area contributed by atoms with Crippen LogP contribution in [0.15, 0.2) is 0 Å². The minimum atomic E-state index is -0.793. The van der Waals surface area contributed by atoms with Crippen molar-refractivity contribution in [1.29, 1.82) is 0 Å². The summed E-state index contributed by atoms with van der Waals surface area (Å²) in [6, 6.07) is -0.337. The molecule has 1 heterocycles. The molecule has 1 aliphatic heterocycles. The Hall–Kier alpha value is -1.06. The molecule has 0 radical (unpaired) electrons. The van der Waals surface area contributed by atoms with Crippen LogP contribution in [0, 0.1) is 17.3 Å². The summed E-state index contributed by atoms with van der Waals surface area (Å²) in [6.07, 6.45) is 11.0. The lowest BCUT2D eigenvalue weighted by atomic mass is 9.84. The molecular weight excluding hydrogens is 266 g/mol. The average Bonchev–Trinajstić information content (AvgIpc) is 2.84. The van der Waals surface area contributed by atoms with Crippen molar-refractivity contribution in [1.82, 2.24) is 4.90 Å². The van der Waals surface area contributed by atoms with Crippen LogP contribution in [0.4, 0.5) is 0 Å². The number of nitrogens with zero attached hydrogens (tertiary/aromatic N) is 1. The van der Waals surface area contributed by atoms with E-state index < -0.39 is 12.0 Å². The van der Waals surface area contributed by atoms with Crippen LogP contribution < -0.4 is 0 Å². The van der Waals surface area contributed by atoms with Crippen LogP contribution in [0.1, 0.15) is 64.2 Å². The fourth-order valence-corrected chi connectivity index (χ4v) is 5.51. The van der Waals surface area contributed by atoms with Gasteiger partial charge in [0, 0.05) is 12.0 Å². The van der Waals surface area contributed by atoms with Gasteiger partial charge in [0.25, 0.3) is 0 Å². The number of rotatable bonds is 2. The van der Waals surface area contributed by atoms with Gasteiger partial charge in [-0.1, -0.05) is 25.7 Å². The van der Waals surface area contributed by atoms with Crippen LogP contribution in [0.2, 0.25) is 0 Å². The molecule has 4 aliphatic rings. The second kappa shape index (κ2) is 4.72. The normalized spacial score (nSPS) is 40.3. The Bertz CT molecular complexity index is 469. The molecule has 4 heteroatoms. The number of likely N-dealkylation sites (tertiary alicyclic amines) is 1. The zero-order chi connectivity index (χ0) is 14.6. The Morgan fingerprint density at radius 1 is 1.05 bits per heavy atom. The molecule has 0 aromatic carbocycles. The molecule has 4 unspecified atom stereocenters. The van der Waals surface area contributed by atoms with Crippen molar-refractivity contribution < 1.29 is 14.7 Å². The molecule has 4 nitrogen and oxygen atoms in total. The molecule has 21 heavy (non-hydrogen) atoms. The van der Waals surface area contributed by atoms with E-state index in [-0.39, 0.29) is 23.3 Å². The third-order valence-corrected chi connectivity index (χ3v) is 6.71. The fraction of sp³-hybridized carbons (Fsp3) is 0.882. The maximum absolute atomic E-state index is 13.0. The zero-order valence-electron chi connectivity index (χ0n) is 12.6. The fourth-order valence-electron chi connectivity index (χ4n) is 5.51. The topological polar surface area (TPSA) is 57.6 Å². The van der Waals surface area contributed by atoms with E-state index in [2.05, 4.69) is 0 Å². The standard InChI is InChI=1S/C17H25NO3/c19-15(12-10-17(12)7-3-4-8-17)18-13-6-2-1-5-11(13)9-14(18)16(20)21/h11-14H,1-10H2,(H,20,21). The zero-order valence-corrected chi connectivity index (χ0v) is 12.6. The molecule has 0 bridgehead atoms. The molecule has 1 N–H and O–H groups in total. The number of fused-ring (bicyclic) bond motifs is 1. The van der Waals surface area contributed by atoms with E-state index in [4.69, 9.17) is 0 Å². The molecule has 1 amide bonds. The van der Waals surface area contributed by atoms with Crippen molar-refractivity contribution in [2.75, 3.05) is 0 Å². The van der Waals surface area contributed by atoms with Crippen molar-refractivity contribution in [3.05, 3.63) is 0 Å². The molecule has 4 rings (SSSR count). The van der Waals surface area contributed by atoms with Gasteiger partial charge in [-0.25, -0.2) is 4.79 Å². The van der Waals surface area contributed by atoms with E-state index in [1.54, 1.807) is 0 Å². The highest BCUT2D eigenvalue weighted by Gasteiger charge is 2.62. The summed E-state index contributed by atoms with van der Waals surface area (Å²) in [5.74, 6) is -0.0397. The van der Waals surface area contributed by atoms with E-state index >= 15 is 0 Å². The van der Waals surface area contributed by atoms with Crippen LogP contribution in [-0.4, -0.2) is 34.0 Å². The van der Waals surface area contributed by atoms with Crippen LogP contribution in [0.5, 0.6) is 0 Å². The van der Waals surface area contributed by atoms with Gasteiger partial charge < -0.3 is 10.0 Å². The van der Waals surface area contributed by atoms with E-state index in [0.29, 0.717) is 12.3 Å². The van der Waals surface area contributed by atoms with Gasteiger partial charge in [0.05, 0.1) is 0 Å². The number of amides is 1. The van der Waals surface area contributed by atoms with Crippen molar-refractivity contribution in [2.45, 2.75) is 76.3 Å². The van der Waals surface area contributed by atoms with Crippen molar-refractivity contribution in [3.63, 3.8) is 0 Å². The number of carbonyl (C=O) groups excluding carboxylic acids is 1. The molecule has 3 saturated carbocycles. The second-order valence-electron chi connectivity index (χ2n) is 7.77. The van der Waals surface area contributed by atoms with Gasteiger partial charge in [-0.2, -0.15) is 0 Å². The summed E-state index contributed by atoms with van der Waals surface area (Å²) in [5.41, 5.74) is 0.271. The Labute approximate surface area is 125 Å². The van der Waals surface area contributed by atoms with Crippen LogP contribution >= 0.6 is 0 Å². The molecule has 4 fully saturated rings. The summed E-state index contributed by atoms with van der Waals surface area (Å²) in [6.45, 7) is 0. The van der Waals surface area contributed by atoms with E-state index in [1.165, 1.54) is 32.1 Å². The first-order valence-corrected chi connectivity index (χ1v) is 8.67. The predicted molar refractivity (Wildman–Crippen MR) is 77.6 cm³/mol. The highest BCUT2D eigenvalue weighted by molar-refractivity contribution is 5.88. The summed E-state index contributed by atoms with van der Waals surface area (Å²) in [4.78, 5) is 26.4. The van der Waals surface area contributed by atoms with Crippen molar-refractivity contribution in [2.24, 2.45) is 17.3 Å². The maximum atomic E-state index is 13.0. The van der Waals surface area contributed by atoms with Gasteiger partial charge >= 0.3 is 5.97 Å². The molecule has 1 saturated heterocycles. The third-order valence-electron chi connectivity index (χ3n) is 6.71. The van der Waals surface area contributed by atoms with Gasteiger partial charge in [-0.05, 0) is 49.9 Å². The Balaban J connectivity index is 1.56. The number of carboxylic acids is 1. The predicted octanol–water partition coefficient (Wildman–Crippen LogP) is 2.81. The number of carboxylic acid groups (broad SMARTS) is 1. The Morgan fingerprint density at radius 3 is 2.48 bits per heavy atom. The molecular formula is C17H25NO3. The van der Waals surface area contributed by atoms with Gasteiger partial charge in [0.15, 0.2) is 0 Å². The van der Waals surface area contributed by atoms with Crippen LogP contribution in [0.3, 0.4) is 0 Å². The number of aliphatic carboxylic acids is 1. The molecule has 0 aromatic heterocycles. The third kappa shape index (κ3) is 2.01. The number of carbonyl (C=O) groups is 2. The second-order valence-corrected chi connectivity index (χ2v) is 7.77. The number of hydrogen-bond donors (Lipinski definition) is 1. The highest BCUT2D eigenvalue weighted by atomic mass is 16.4. The largest absolute Gasteiger partial charge is 0.480 e. The molecule has 3 aliphatic carbocycles. The van der Waals surface area contributed by atoms with Gasteiger partial charge in [0.2, 0.25) is 5.91 Å². The van der Waals surface area contributed by atoms with Crippen molar-refractivity contribution in [3.8, 4) is 0 Å². The quantitative estimate of drug-likeness (QED) is 0.851. The minimum absolute atomic E-state index is 0.141. The lowest BCUT2D eigenvalue weighted by Gasteiger charge is -2.33. The van der Waals surface area contributed by atoms with Gasteiger partial charge in [-0.15, -0.1) is 0 Å². The molecule has 4 atom stereocenters. The SMILES string of the molecule is O=C(O)C1CC2CCCCC2N1C(=O)C1CC12CCCC2.